The Morgan fingerprint density at radius 3 is 2.50 bits per heavy atom. The minimum atomic E-state index is -5.15. The van der Waals surface area contributed by atoms with Gasteiger partial charge in [0.25, 0.3) is 5.56 Å². The van der Waals surface area contributed by atoms with E-state index in [1.54, 1.807) is 32.0 Å². The number of aromatic nitrogens is 1. The van der Waals surface area contributed by atoms with Crippen LogP contribution in [0.25, 0.3) is 16.7 Å². The summed E-state index contributed by atoms with van der Waals surface area (Å²) in [7, 11) is 1.45. The zero-order valence-electron chi connectivity index (χ0n) is 21.4. The van der Waals surface area contributed by atoms with E-state index in [4.69, 9.17) is 4.74 Å². The molecule has 3 aromatic rings. The van der Waals surface area contributed by atoms with E-state index in [1.807, 2.05) is 25.0 Å². The fraction of sp³-hybridized carbons (Fsp3) is 0.267. The van der Waals surface area contributed by atoms with Crippen LogP contribution in [0.2, 0.25) is 0 Å². The van der Waals surface area contributed by atoms with Gasteiger partial charge in [0.2, 0.25) is 5.60 Å². The number of aliphatic hydroxyl groups is 1. The Morgan fingerprint density at radius 2 is 1.84 bits per heavy atom. The van der Waals surface area contributed by atoms with E-state index >= 15 is 0 Å². The summed E-state index contributed by atoms with van der Waals surface area (Å²) in [6.07, 6.45) is -3.73. The maximum atomic E-state index is 14.4. The van der Waals surface area contributed by atoms with Crippen molar-refractivity contribution < 1.29 is 27.8 Å². The number of nitrogens with zero attached hydrogens (tertiary/aromatic N) is 1. The highest BCUT2D eigenvalue weighted by molar-refractivity contribution is 6.19. The quantitative estimate of drug-likeness (QED) is 0.385. The molecular weight excluding hydrogens is 495 g/mol. The maximum absolute atomic E-state index is 14.4. The lowest BCUT2D eigenvalue weighted by Gasteiger charge is -2.26. The largest absolute Gasteiger partial charge is 0.462 e. The van der Waals surface area contributed by atoms with Crippen LogP contribution in [0, 0.1) is 18.8 Å². The van der Waals surface area contributed by atoms with Crippen molar-refractivity contribution >= 4 is 11.5 Å². The van der Waals surface area contributed by atoms with Crippen molar-refractivity contribution in [2.45, 2.75) is 39.0 Å². The Morgan fingerprint density at radius 1 is 1.13 bits per heavy atom. The van der Waals surface area contributed by atoms with Crippen LogP contribution in [0.3, 0.4) is 0 Å². The van der Waals surface area contributed by atoms with Crippen molar-refractivity contribution in [2.24, 2.45) is 7.05 Å². The second kappa shape index (κ2) is 9.99. The Bertz CT molecular complexity index is 1590. The summed E-state index contributed by atoms with van der Waals surface area (Å²) >= 11 is 0. The molecule has 0 radical (unpaired) electrons. The van der Waals surface area contributed by atoms with Crippen LogP contribution in [0.1, 0.15) is 41.7 Å². The predicted molar refractivity (Wildman–Crippen MR) is 138 cm³/mol. The Labute approximate surface area is 218 Å². The molecule has 0 saturated carbocycles. The Kier molecular flexibility index (Phi) is 7.09. The zero-order chi connectivity index (χ0) is 27.8. The predicted octanol–water partition coefficient (Wildman–Crippen LogP) is 5.06. The number of carbonyl (C=O) groups is 1. The van der Waals surface area contributed by atoms with Crippen molar-refractivity contribution in [3.05, 3.63) is 98.5 Å². The molecule has 0 saturated heterocycles. The zero-order valence-corrected chi connectivity index (χ0v) is 21.4. The minimum Gasteiger partial charge on any atom is -0.462 e. The molecule has 1 aliphatic carbocycles. The number of alkyl halides is 3. The molecule has 0 bridgehead atoms. The van der Waals surface area contributed by atoms with Gasteiger partial charge in [-0.05, 0) is 49.4 Å². The molecule has 5 nitrogen and oxygen atoms in total. The number of fused-ring (bicyclic) bond motifs is 1. The van der Waals surface area contributed by atoms with Crippen LogP contribution < -0.4 is 5.56 Å². The third-order valence-corrected chi connectivity index (χ3v) is 6.60. The highest BCUT2D eigenvalue weighted by Gasteiger charge is 2.54. The van der Waals surface area contributed by atoms with Crippen LogP contribution in [0.4, 0.5) is 13.2 Å². The standard InChI is InChI=1S/C30H26F3NO4/c1-5-38-28(36)25-19(3)15-24-26(25)21(17-34(4)27(24)35)13-14-29(37,30(31,32)33)22-11-8-10-20(16-22)23-12-7-6-9-18(23)2/h6-12,16-17,37H,5,15H2,1-4H3. The second-order valence-electron chi connectivity index (χ2n) is 9.22. The molecule has 1 aromatic heterocycles. The van der Waals surface area contributed by atoms with Crippen molar-refractivity contribution in [3.63, 3.8) is 0 Å². The average molecular weight is 522 g/mol. The van der Waals surface area contributed by atoms with Crippen LogP contribution in [0.5, 0.6) is 0 Å². The maximum Gasteiger partial charge on any atom is 0.433 e. The van der Waals surface area contributed by atoms with Gasteiger partial charge in [0, 0.05) is 41.9 Å². The second-order valence-corrected chi connectivity index (χ2v) is 9.22. The molecule has 2 aromatic carbocycles. The first kappa shape index (κ1) is 27.0. The van der Waals surface area contributed by atoms with Gasteiger partial charge in [-0.2, -0.15) is 13.2 Å². The molecule has 1 atom stereocenters. The van der Waals surface area contributed by atoms with Crippen LogP contribution >= 0.6 is 0 Å². The molecule has 196 valence electrons. The summed E-state index contributed by atoms with van der Waals surface area (Å²) in [5.41, 5.74) is -1.19. The van der Waals surface area contributed by atoms with Gasteiger partial charge >= 0.3 is 12.1 Å². The number of carbonyl (C=O) groups excluding carboxylic acids is 1. The molecule has 1 heterocycles. The number of aryl methyl sites for hydroxylation is 2. The number of hydrogen-bond donors (Lipinski definition) is 1. The molecule has 0 fully saturated rings. The molecule has 1 N–H and O–H groups in total. The smallest absolute Gasteiger partial charge is 0.433 e. The summed E-state index contributed by atoms with van der Waals surface area (Å²) in [4.78, 5) is 25.5. The van der Waals surface area contributed by atoms with Gasteiger partial charge in [0.05, 0.1) is 12.2 Å². The van der Waals surface area contributed by atoms with E-state index in [2.05, 4.69) is 5.92 Å². The molecule has 0 amide bonds. The number of esters is 1. The van der Waals surface area contributed by atoms with Gasteiger partial charge in [-0.1, -0.05) is 54.0 Å². The Balaban J connectivity index is 1.90. The molecule has 8 heteroatoms. The number of rotatable bonds is 4. The molecule has 1 unspecified atom stereocenters. The van der Waals surface area contributed by atoms with Crippen molar-refractivity contribution in [1.29, 1.82) is 0 Å². The highest BCUT2D eigenvalue weighted by Crippen LogP contribution is 2.40. The first-order chi connectivity index (χ1) is 17.9. The van der Waals surface area contributed by atoms with E-state index in [9.17, 15) is 27.9 Å². The summed E-state index contributed by atoms with van der Waals surface area (Å²) in [6, 6.07) is 12.8. The SMILES string of the molecule is CCOC(=O)C1=C(C)Cc2c1c(C#CC(O)(c1cccc(-c3ccccc3C)c1)C(F)(F)F)cn(C)c2=O. The van der Waals surface area contributed by atoms with E-state index in [0.29, 0.717) is 11.1 Å². The third kappa shape index (κ3) is 4.66. The van der Waals surface area contributed by atoms with Gasteiger partial charge in [-0.25, -0.2) is 4.79 Å². The van der Waals surface area contributed by atoms with Gasteiger partial charge in [-0.15, -0.1) is 0 Å². The number of benzene rings is 2. The van der Waals surface area contributed by atoms with Crippen LogP contribution in [-0.2, 0) is 28.6 Å². The molecule has 4 rings (SSSR count). The van der Waals surface area contributed by atoms with Crippen molar-refractivity contribution in [3.8, 4) is 23.0 Å². The lowest BCUT2D eigenvalue weighted by atomic mass is 9.89. The van der Waals surface area contributed by atoms with Crippen LogP contribution in [0.15, 0.2) is 65.1 Å². The third-order valence-electron chi connectivity index (χ3n) is 6.60. The summed E-state index contributed by atoms with van der Waals surface area (Å²) in [5.74, 6) is 3.81. The monoisotopic (exact) mass is 521 g/mol. The minimum absolute atomic E-state index is 0.0136. The number of pyridine rings is 1. The van der Waals surface area contributed by atoms with Gasteiger partial charge in [0.15, 0.2) is 0 Å². The lowest BCUT2D eigenvalue weighted by molar-refractivity contribution is -0.240. The summed E-state index contributed by atoms with van der Waals surface area (Å²) in [5, 5.41) is 11.0. The number of halogens is 3. The lowest BCUT2D eigenvalue weighted by Crippen LogP contribution is -2.41. The molecule has 38 heavy (non-hydrogen) atoms. The van der Waals surface area contributed by atoms with Crippen molar-refractivity contribution in [1.82, 2.24) is 4.57 Å². The first-order valence-corrected chi connectivity index (χ1v) is 12.0. The molecule has 0 spiro atoms. The van der Waals surface area contributed by atoms with E-state index in [-0.39, 0.29) is 40.9 Å². The topological polar surface area (TPSA) is 68.5 Å². The van der Waals surface area contributed by atoms with Gasteiger partial charge < -0.3 is 14.4 Å². The number of hydrogen-bond acceptors (Lipinski definition) is 4. The van der Waals surface area contributed by atoms with E-state index in [1.165, 1.54) is 36.0 Å². The van der Waals surface area contributed by atoms with Gasteiger partial charge in [-0.3, -0.25) is 4.79 Å². The molecule has 0 aliphatic heterocycles. The Hall–Kier alpha value is -4.09. The normalized spacial score (nSPS) is 14.4. The molecular formula is C30H26F3NO4. The van der Waals surface area contributed by atoms with E-state index in [0.717, 1.165) is 11.1 Å². The van der Waals surface area contributed by atoms with Gasteiger partial charge in [0.1, 0.15) is 0 Å². The van der Waals surface area contributed by atoms with Crippen molar-refractivity contribution in [2.75, 3.05) is 6.61 Å². The van der Waals surface area contributed by atoms with Crippen LogP contribution in [-0.4, -0.2) is 28.4 Å². The average Bonchev–Trinajstić information content (AvgIpc) is 3.22. The van der Waals surface area contributed by atoms with E-state index < -0.39 is 23.3 Å². The summed E-state index contributed by atoms with van der Waals surface area (Å²) in [6.45, 7) is 5.21. The fourth-order valence-electron chi connectivity index (χ4n) is 4.66. The number of ether oxygens (including phenoxy) is 1. The highest BCUT2D eigenvalue weighted by atomic mass is 19.4. The fourth-order valence-corrected chi connectivity index (χ4v) is 4.66. The molecule has 1 aliphatic rings. The number of allylic oxidation sites excluding steroid dienone is 1. The first-order valence-electron chi connectivity index (χ1n) is 12.0. The summed E-state index contributed by atoms with van der Waals surface area (Å²) < 4.78 is 49.5.